The molecule has 7 heteroatoms. The van der Waals surface area contributed by atoms with Crippen molar-refractivity contribution in [1.29, 1.82) is 0 Å². The SMILES string of the molecule is CCNC(=O)c1cccnc1N1CCN(c2ccc(C(=O)OC)cc2)CC1. The first-order valence-electron chi connectivity index (χ1n) is 9.05. The molecule has 1 saturated heterocycles. The van der Waals surface area contributed by atoms with E-state index in [0.29, 0.717) is 17.7 Å². The number of carbonyl (C=O) groups is 2. The number of ether oxygens (including phenoxy) is 1. The molecule has 1 aromatic heterocycles. The molecule has 0 aliphatic carbocycles. The number of carbonyl (C=O) groups excluding carboxylic acids is 2. The van der Waals surface area contributed by atoms with Crippen molar-refractivity contribution in [3.05, 3.63) is 53.7 Å². The van der Waals surface area contributed by atoms with Crippen molar-refractivity contribution in [3.63, 3.8) is 0 Å². The molecule has 0 radical (unpaired) electrons. The molecule has 0 unspecified atom stereocenters. The monoisotopic (exact) mass is 368 g/mol. The number of piperazine rings is 1. The standard InChI is InChI=1S/C20H24N4O3/c1-3-21-19(25)17-5-4-10-22-18(17)24-13-11-23(12-14-24)16-8-6-15(7-9-16)20(26)27-2/h4-10H,3,11-14H2,1-2H3,(H,21,25). The van der Waals surface area contributed by atoms with Crippen molar-refractivity contribution >= 4 is 23.4 Å². The van der Waals surface area contributed by atoms with Gasteiger partial charge in [-0.25, -0.2) is 9.78 Å². The maximum absolute atomic E-state index is 12.3. The summed E-state index contributed by atoms with van der Waals surface area (Å²) in [5.74, 6) is 0.296. The molecular formula is C20H24N4O3. The first-order chi connectivity index (χ1) is 13.1. The summed E-state index contributed by atoms with van der Waals surface area (Å²) in [6.45, 7) is 5.64. The number of benzene rings is 1. The van der Waals surface area contributed by atoms with Gasteiger partial charge in [-0.15, -0.1) is 0 Å². The summed E-state index contributed by atoms with van der Waals surface area (Å²) in [6, 6.07) is 11.0. The third-order valence-electron chi connectivity index (χ3n) is 4.60. The van der Waals surface area contributed by atoms with Crippen LogP contribution < -0.4 is 15.1 Å². The van der Waals surface area contributed by atoms with Crippen LogP contribution in [0.5, 0.6) is 0 Å². The number of nitrogens with one attached hydrogen (secondary N) is 1. The molecule has 1 fully saturated rings. The Morgan fingerprint density at radius 3 is 2.37 bits per heavy atom. The van der Waals surface area contributed by atoms with Gasteiger partial charge in [0.2, 0.25) is 0 Å². The zero-order valence-electron chi connectivity index (χ0n) is 15.6. The first kappa shape index (κ1) is 18.7. The highest BCUT2D eigenvalue weighted by Gasteiger charge is 2.22. The van der Waals surface area contributed by atoms with Crippen LogP contribution in [0.2, 0.25) is 0 Å². The molecule has 0 saturated carbocycles. The minimum Gasteiger partial charge on any atom is -0.465 e. The zero-order chi connectivity index (χ0) is 19.2. The van der Waals surface area contributed by atoms with Crippen LogP contribution in [0.25, 0.3) is 0 Å². The average molecular weight is 368 g/mol. The van der Waals surface area contributed by atoms with Crippen LogP contribution in [0.1, 0.15) is 27.6 Å². The topological polar surface area (TPSA) is 74.8 Å². The van der Waals surface area contributed by atoms with E-state index in [1.807, 2.05) is 25.1 Å². The first-order valence-corrected chi connectivity index (χ1v) is 9.05. The Kier molecular flexibility index (Phi) is 5.90. The lowest BCUT2D eigenvalue weighted by Gasteiger charge is -2.37. The van der Waals surface area contributed by atoms with Crippen LogP contribution in [0, 0.1) is 0 Å². The van der Waals surface area contributed by atoms with Gasteiger partial charge in [-0.1, -0.05) is 0 Å². The van der Waals surface area contributed by atoms with Gasteiger partial charge in [-0.05, 0) is 43.3 Å². The molecule has 1 aliphatic rings. The summed E-state index contributed by atoms with van der Waals surface area (Å²) >= 11 is 0. The third-order valence-corrected chi connectivity index (χ3v) is 4.60. The minimum atomic E-state index is -0.334. The second-order valence-electron chi connectivity index (χ2n) is 6.25. The number of hydrogen-bond donors (Lipinski definition) is 1. The fraction of sp³-hybridized carbons (Fsp3) is 0.350. The second-order valence-corrected chi connectivity index (χ2v) is 6.25. The number of methoxy groups -OCH3 is 1. The summed E-state index contributed by atoms with van der Waals surface area (Å²) in [4.78, 5) is 32.7. The largest absolute Gasteiger partial charge is 0.465 e. The van der Waals surface area contributed by atoms with Gasteiger partial charge in [0.05, 0.1) is 18.2 Å². The Hall–Kier alpha value is -3.09. The summed E-state index contributed by atoms with van der Waals surface area (Å²) in [6.07, 6.45) is 1.72. The summed E-state index contributed by atoms with van der Waals surface area (Å²) in [7, 11) is 1.38. The van der Waals surface area contributed by atoms with Gasteiger partial charge in [0.25, 0.3) is 5.91 Å². The van der Waals surface area contributed by atoms with E-state index >= 15 is 0 Å². The van der Waals surface area contributed by atoms with E-state index in [-0.39, 0.29) is 11.9 Å². The predicted molar refractivity (Wildman–Crippen MR) is 104 cm³/mol. The Bertz CT molecular complexity index is 799. The van der Waals surface area contributed by atoms with E-state index in [0.717, 1.165) is 37.7 Å². The Balaban J connectivity index is 1.67. The van der Waals surface area contributed by atoms with Crippen LogP contribution in [-0.4, -0.2) is 56.7 Å². The quantitative estimate of drug-likeness (QED) is 0.813. The fourth-order valence-electron chi connectivity index (χ4n) is 3.18. The molecule has 142 valence electrons. The van der Waals surface area contributed by atoms with Gasteiger partial charge in [-0.2, -0.15) is 0 Å². The molecule has 7 nitrogen and oxygen atoms in total. The smallest absolute Gasteiger partial charge is 0.337 e. The molecule has 1 aromatic carbocycles. The molecule has 1 N–H and O–H groups in total. The molecule has 27 heavy (non-hydrogen) atoms. The van der Waals surface area contributed by atoms with E-state index in [1.165, 1.54) is 7.11 Å². The summed E-state index contributed by atoms with van der Waals surface area (Å²) in [5, 5.41) is 2.84. The molecule has 1 aliphatic heterocycles. The number of anilines is 2. The van der Waals surface area contributed by atoms with Crippen LogP contribution in [0.15, 0.2) is 42.6 Å². The molecule has 2 heterocycles. The van der Waals surface area contributed by atoms with Crippen molar-refractivity contribution in [3.8, 4) is 0 Å². The average Bonchev–Trinajstić information content (AvgIpc) is 2.73. The molecule has 2 aromatic rings. The van der Waals surface area contributed by atoms with Gasteiger partial charge < -0.3 is 19.9 Å². The molecule has 0 spiro atoms. The lowest BCUT2D eigenvalue weighted by atomic mass is 10.1. The van der Waals surface area contributed by atoms with Crippen molar-refractivity contribution in [2.45, 2.75) is 6.92 Å². The highest BCUT2D eigenvalue weighted by atomic mass is 16.5. The number of aromatic nitrogens is 1. The highest BCUT2D eigenvalue weighted by molar-refractivity contribution is 5.98. The van der Waals surface area contributed by atoms with E-state index in [1.54, 1.807) is 24.4 Å². The third kappa shape index (κ3) is 4.19. The van der Waals surface area contributed by atoms with E-state index in [4.69, 9.17) is 4.74 Å². The molecule has 1 amide bonds. The molecule has 3 rings (SSSR count). The van der Waals surface area contributed by atoms with Crippen molar-refractivity contribution in [2.75, 3.05) is 49.6 Å². The number of esters is 1. The van der Waals surface area contributed by atoms with Crippen LogP contribution in [0.4, 0.5) is 11.5 Å². The Morgan fingerprint density at radius 2 is 1.74 bits per heavy atom. The Labute approximate surface area is 158 Å². The van der Waals surface area contributed by atoms with Crippen molar-refractivity contribution in [2.24, 2.45) is 0 Å². The lowest BCUT2D eigenvalue weighted by molar-refractivity contribution is 0.0600. The number of nitrogens with zero attached hydrogens (tertiary/aromatic N) is 3. The number of hydrogen-bond acceptors (Lipinski definition) is 6. The number of pyridine rings is 1. The second kappa shape index (κ2) is 8.53. The molecule has 0 atom stereocenters. The van der Waals surface area contributed by atoms with Crippen LogP contribution in [0.3, 0.4) is 0 Å². The lowest BCUT2D eigenvalue weighted by Crippen LogP contribution is -2.47. The molecule has 0 bridgehead atoms. The van der Waals surface area contributed by atoms with Crippen LogP contribution >= 0.6 is 0 Å². The zero-order valence-corrected chi connectivity index (χ0v) is 15.6. The van der Waals surface area contributed by atoms with Gasteiger partial charge in [0, 0.05) is 44.6 Å². The van der Waals surface area contributed by atoms with Crippen molar-refractivity contribution < 1.29 is 14.3 Å². The minimum absolute atomic E-state index is 0.0959. The van der Waals surface area contributed by atoms with Gasteiger partial charge in [-0.3, -0.25) is 4.79 Å². The summed E-state index contributed by atoms with van der Waals surface area (Å²) in [5.41, 5.74) is 2.21. The van der Waals surface area contributed by atoms with Gasteiger partial charge in [0.15, 0.2) is 0 Å². The highest BCUT2D eigenvalue weighted by Crippen LogP contribution is 2.22. The predicted octanol–water partition coefficient (Wildman–Crippen LogP) is 1.94. The van der Waals surface area contributed by atoms with Crippen molar-refractivity contribution in [1.82, 2.24) is 10.3 Å². The van der Waals surface area contributed by atoms with E-state index in [9.17, 15) is 9.59 Å². The van der Waals surface area contributed by atoms with E-state index in [2.05, 4.69) is 20.1 Å². The summed E-state index contributed by atoms with van der Waals surface area (Å²) < 4.78 is 4.73. The fourth-order valence-corrected chi connectivity index (χ4v) is 3.18. The maximum Gasteiger partial charge on any atom is 0.337 e. The van der Waals surface area contributed by atoms with E-state index < -0.39 is 0 Å². The van der Waals surface area contributed by atoms with Gasteiger partial charge in [0.1, 0.15) is 5.82 Å². The number of rotatable bonds is 5. The number of amides is 1. The molecular weight excluding hydrogens is 344 g/mol. The Morgan fingerprint density at radius 1 is 1.07 bits per heavy atom. The van der Waals surface area contributed by atoms with Crippen LogP contribution in [-0.2, 0) is 4.74 Å². The normalized spacial score (nSPS) is 14.0. The maximum atomic E-state index is 12.3. The van der Waals surface area contributed by atoms with Gasteiger partial charge >= 0.3 is 5.97 Å².